The van der Waals surface area contributed by atoms with E-state index in [0.29, 0.717) is 52.7 Å². The second-order valence-corrected chi connectivity index (χ2v) is 11.9. The van der Waals surface area contributed by atoms with Crippen molar-refractivity contribution in [2.24, 2.45) is 0 Å². The molecule has 4 heterocycles. The lowest BCUT2D eigenvalue weighted by molar-refractivity contribution is -0.130. The van der Waals surface area contributed by atoms with E-state index in [9.17, 15) is 10.1 Å². The van der Waals surface area contributed by atoms with Crippen molar-refractivity contribution in [1.29, 1.82) is 5.26 Å². The summed E-state index contributed by atoms with van der Waals surface area (Å²) in [4.78, 5) is 28.3. The standard InChI is InChI=1S/C32H33ClFN7O/c1-5-26(42)40-13-11-21(14-20(40)10-12-35)41-18-36-30-31(41)24-15-25(33)27(23-9-7-6-8-19(23)2)28(34)29(24)37-32(30)39-16-22(17-39)38(3)4/h5-9,15,18,20-22H,1,10-11,13-14,16-17H2,2-4H3/t20-,21+/m1/s1. The lowest BCUT2D eigenvalue weighted by Crippen LogP contribution is -2.57. The Morgan fingerprint density at radius 1 is 1.29 bits per heavy atom. The normalized spacial score (nSPS) is 19.4. The molecule has 2 saturated heterocycles. The number of aromatic nitrogens is 3. The van der Waals surface area contributed by atoms with Gasteiger partial charge in [0.15, 0.2) is 11.6 Å². The molecule has 0 aliphatic carbocycles. The van der Waals surface area contributed by atoms with Crippen LogP contribution in [0.15, 0.2) is 49.3 Å². The van der Waals surface area contributed by atoms with Crippen molar-refractivity contribution < 1.29 is 9.18 Å². The van der Waals surface area contributed by atoms with Gasteiger partial charge in [0.2, 0.25) is 5.91 Å². The molecule has 0 bridgehead atoms. The van der Waals surface area contributed by atoms with E-state index in [-0.39, 0.29) is 29.9 Å². The molecule has 10 heteroatoms. The first-order valence-corrected chi connectivity index (χ1v) is 14.6. The van der Waals surface area contributed by atoms with Crippen molar-refractivity contribution in [3.8, 4) is 17.2 Å². The summed E-state index contributed by atoms with van der Waals surface area (Å²) in [5.41, 5.74) is 3.71. The summed E-state index contributed by atoms with van der Waals surface area (Å²) in [7, 11) is 4.11. The van der Waals surface area contributed by atoms with Crippen LogP contribution in [0.3, 0.4) is 0 Å². The third kappa shape index (κ3) is 4.59. The molecule has 6 rings (SSSR count). The number of likely N-dealkylation sites (N-methyl/N-ethyl adjacent to an activating group) is 1. The van der Waals surface area contributed by atoms with Gasteiger partial charge in [0.05, 0.1) is 29.4 Å². The number of hydrogen-bond donors (Lipinski definition) is 0. The van der Waals surface area contributed by atoms with Gasteiger partial charge in [-0.2, -0.15) is 5.26 Å². The molecule has 2 aromatic heterocycles. The molecule has 2 aromatic carbocycles. The molecule has 1 amide bonds. The highest BCUT2D eigenvalue weighted by atomic mass is 35.5. The highest BCUT2D eigenvalue weighted by Crippen LogP contribution is 2.43. The fourth-order valence-electron chi connectivity index (χ4n) is 6.39. The number of piperidine rings is 1. The predicted molar refractivity (Wildman–Crippen MR) is 164 cm³/mol. The molecule has 0 saturated carbocycles. The molecule has 2 aliphatic heterocycles. The third-order valence-electron chi connectivity index (χ3n) is 8.84. The largest absolute Gasteiger partial charge is 0.351 e. The van der Waals surface area contributed by atoms with Gasteiger partial charge in [-0.15, -0.1) is 0 Å². The van der Waals surface area contributed by atoms with Crippen molar-refractivity contribution in [2.45, 2.75) is 44.3 Å². The molecule has 2 atom stereocenters. The van der Waals surface area contributed by atoms with E-state index < -0.39 is 5.82 Å². The van der Waals surface area contributed by atoms with Crippen molar-refractivity contribution in [3.63, 3.8) is 0 Å². The average Bonchev–Trinajstić information content (AvgIpc) is 3.39. The lowest BCUT2D eigenvalue weighted by atomic mass is 9.94. The summed E-state index contributed by atoms with van der Waals surface area (Å²) in [6.07, 6.45) is 4.54. The van der Waals surface area contributed by atoms with E-state index in [1.165, 1.54) is 6.08 Å². The summed E-state index contributed by atoms with van der Waals surface area (Å²) in [5.74, 6) is 0.0206. The van der Waals surface area contributed by atoms with Crippen LogP contribution in [0.5, 0.6) is 0 Å². The van der Waals surface area contributed by atoms with Gasteiger partial charge in [-0.3, -0.25) is 4.79 Å². The van der Waals surface area contributed by atoms with Gasteiger partial charge < -0.3 is 19.3 Å². The fraction of sp³-hybridized carbons (Fsp3) is 0.375. The van der Waals surface area contributed by atoms with Gasteiger partial charge in [-0.25, -0.2) is 14.4 Å². The zero-order valence-corrected chi connectivity index (χ0v) is 24.8. The SMILES string of the molecule is C=CC(=O)N1CC[C@H](n2cnc3c(N4CC(N(C)C)C4)nc4c(F)c(-c5ccccc5C)c(Cl)cc4c32)C[C@H]1CC#N. The number of aryl methyl sites for hydroxylation is 1. The van der Waals surface area contributed by atoms with Crippen LogP contribution < -0.4 is 4.90 Å². The molecular weight excluding hydrogens is 553 g/mol. The molecular formula is C32H33ClFN7O. The fourth-order valence-corrected chi connectivity index (χ4v) is 6.68. The molecule has 216 valence electrons. The lowest BCUT2D eigenvalue weighted by Gasteiger charge is -2.43. The smallest absolute Gasteiger partial charge is 0.246 e. The quantitative estimate of drug-likeness (QED) is 0.269. The zero-order valence-electron chi connectivity index (χ0n) is 24.0. The van der Waals surface area contributed by atoms with Crippen LogP contribution in [0, 0.1) is 24.1 Å². The summed E-state index contributed by atoms with van der Waals surface area (Å²) in [5, 5.41) is 10.4. The van der Waals surface area contributed by atoms with Crippen LogP contribution in [0.1, 0.15) is 30.9 Å². The van der Waals surface area contributed by atoms with Crippen molar-refractivity contribution in [3.05, 3.63) is 65.7 Å². The number of carbonyl (C=O) groups excluding carboxylic acids is 1. The number of amides is 1. The van der Waals surface area contributed by atoms with Crippen molar-refractivity contribution in [2.75, 3.05) is 38.6 Å². The summed E-state index contributed by atoms with van der Waals surface area (Å²) in [6, 6.07) is 11.7. The van der Waals surface area contributed by atoms with Crippen molar-refractivity contribution >= 4 is 45.3 Å². The van der Waals surface area contributed by atoms with Gasteiger partial charge in [-0.1, -0.05) is 42.4 Å². The molecule has 4 aromatic rings. The number of nitriles is 1. The van der Waals surface area contributed by atoms with E-state index in [2.05, 4.69) is 41.1 Å². The molecule has 42 heavy (non-hydrogen) atoms. The second kappa shape index (κ2) is 11.0. The summed E-state index contributed by atoms with van der Waals surface area (Å²) >= 11 is 6.85. The molecule has 2 fully saturated rings. The number of benzene rings is 2. The minimum Gasteiger partial charge on any atom is -0.351 e. The number of halogens is 2. The third-order valence-corrected chi connectivity index (χ3v) is 9.14. The maximum Gasteiger partial charge on any atom is 0.246 e. The van der Waals surface area contributed by atoms with Crippen molar-refractivity contribution in [1.82, 2.24) is 24.3 Å². The Labute approximate surface area is 249 Å². The Hall–Kier alpha value is -4.00. The molecule has 2 aliphatic rings. The molecule has 0 radical (unpaired) electrons. The van der Waals surface area contributed by atoms with Crippen LogP contribution >= 0.6 is 11.6 Å². The molecule has 0 unspecified atom stereocenters. The first-order chi connectivity index (χ1) is 20.2. The number of pyridine rings is 1. The molecule has 0 N–H and O–H groups in total. The topological polar surface area (TPSA) is 81.3 Å². The maximum absolute atomic E-state index is 16.6. The number of imidazole rings is 1. The minimum atomic E-state index is -0.457. The Kier molecular flexibility index (Phi) is 7.37. The van der Waals surface area contributed by atoms with E-state index in [1.807, 2.05) is 31.2 Å². The van der Waals surface area contributed by atoms with Crippen LogP contribution in [0.25, 0.3) is 33.1 Å². The number of hydrogen-bond acceptors (Lipinski definition) is 6. The van der Waals surface area contributed by atoms with Crippen LogP contribution in [0.4, 0.5) is 10.2 Å². The van der Waals surface area contributed by atoms with E-state index in [1.54, 1.807) is 17.3 Å². The number of nitrogens with zero attached hydrogens (tertiary/aromatic N) is 7. The number of likely N-dealkylation sites (tertiary alicyclic amines) is 1. The van der Waals surface area contributed by atoms with E-state index >= 15 is 4.39 Å². The Balaban J connectivity index is 1.54. The second-order valence-electron chi connectivity index (χ2n) is 11.5. The van der Waals surface area contributed by atoms with Crippen LogP contribution in [-0.4, -0.2) is 76.1 Å². The monoisotopic (exact) mass is 585 g/mol. The van der Waals surface area contributed by atoms with E-state index in [4.69, 9.17) is 21.6 Å². The minimum absolute atomic E-state index is 0.0514. The Morgan fingerprint density at radius 3 is 2.74 bits per heavy atom. The molecule has 0 spiro atoms. The van der Waals surface area contributed by atoms with Gasteiger partial charge >= 0.3 is 0 Å². The van der Waals surface area contributed by atoms with E-state index in [0.717, 1.165) is 29.7 Å². The van der Waals surface area contributed by atoms with Gasteiger partial charge in [0.1, 0.15) is 11.0 Å². The average molecular weight is 586 g/mol. The first-order valence-electron chi connectivity index (χ1n) is 14.2. The van der Waals surface area contributed by atoms with Gasteiger partial charge in [0, 0.05) is 48.7 Å². The Bertz CT molecular complexity index is 1750. The number of carbonyl (C=O) groups is 1. The zero-order chi connectivity index (χ0) is 29.7. The summed E-state index contributed by atoms with van der Waals surface area (Å²) < 4.78 is 18.7. The number of fused-ring (bicyclic) bond motifs is 3. The number of anilines is 1. The maximum atomic E-state index is 16.6. The highest BCUT2D eigenvalue weighted by Gasteiger charge is 2.35. The molecule has 8 nitrogen and oxygen atoms in total. The van der Waals surface area contributed by atoms with Crippen LogP contribution in [0.2, 0.25) is 5.02 Å². The van der Waals surface area contributed by atoms with Gasteiger partial charge in [-0.05, 0) is 57.1 Å². The van der Waals surface area contributed by atoms with Crippen LogP contribution in [-0.2, 0) is 4.79 Å². The predicted octanol–water partition coefficient (Wildman–Crippen LogP) is 5.73. The first kappa shape index (κ1) is 28.1. The summed E-state index contributed by atoms with van der Waals surface area (Å²) in [6.45, 7) is 7.58. The van der Waals surface area contributed by atoms with Gasteiger partial charge in [0.25, 0.3) is 0 Å². The Morgan fingerprint density at radius 2 is 2.05 bits per heavy atom. The highest BCUT2D eigenvalue weighted by molar-refractivity contribution is 6.34. The number of rotatable bonds is 6.